The lowest BCUT2D eigenvalue weighted by atomic mass is 9.78. The van der Waals surface area contributed by atoms with Crippen LogP contribution in [0, 0.1) is 0 Å². The van der Waals surface area contributed by atoms with E-state index in [9.17, 15) is 5.11 Å². The monoisotopic (exact) mass is 387 g/mol. The van der Waals surface area contributed by atoms with Crippen molar-refractivity contribution in [1.82, 2.24) is 0 Å². The molecule has 3 heteroatoms. The van der Waals surface area contributed by atoms with Gasteiger partial charge in [-0.25, -0.2) is 0 Å². The normalized spacial score (nSPS) is 22.5. The van der Waals surface area contributed by atoms with Gasteiger partial charge in [-0.15, -0.1) is 0 Å². The number of hydrogen-bond donors (Lipinski definition) is 1. The van der Waals surface area contributed by atoms with Gasteiger partial charge in [0.1, 0.15) is 6.04 Å². The molecule has 2 nitrogen and oxygen atoms in total. The molecule has 2 aromatic carbocycles. The molecule has 1 spiro atoms. The molecule has 0 aliphatic carbocycles. The van der Waals surface area contributed by atoms with E-state index in [2.05, 4.69) is 24.3 Å². The molecule has 24 heavy (non-hydrogen) atoms. The van der Waals surface area contributed by atoms with Crippen molar-refractivity contribution in [3.63, 3.8) is 0 Å². The average Bonchev–Trinajstić information content (AvgIpc) is 3.26. The van der Waals surface area contributed by atoms with Gasteiger partial charge in [-0.05, 0) is 11.1 Å². The van der Waals surface area contributed by atoms with E-state index in [1.165, 1.54) is 38.9 Å². The zero-order valence-electron chi connectivity index (χ0n) is 14.1. The zero-order chi connectivity index (χ0) is 15.8. The van der Waals surface area contributed by atoms with Crippen LogP contribution >= 0.6 is 0 Å². The molecule has 2 aromatic rings. The van der Waals surface area contributed by atoms with Gasteiger partial charge in [0.15, 0.2) is 5.60 Å². The molecule has 0 bridgehead atoms. The minimum Gasteiger partial charge on any atom is -1.00 e. The van der Waals surface area contributed by atoms with Gasteiger partial charge in [-0.2, -0.15) is 0 Å². The van der Waals surface area contributed by atoms with Gasteiger partial charge in [0.2, 0.25) is 0 Å². The highest BCUT2D eigenvalue weighted by molar-refractivity contribution is 5.37. The van der Waals surface area contributed by atoms with Gasteiger partial charge in [-0.3, -0.25) is 0 Å². The molecule has 2 heterocycles. The number of rotatable bonds is 3. The minimum atomic E-state index is -0.886. The molecule has 0 saturated carbocycles. The van der Waals surface area contributed by atoms with Crippen molar-refractivity contribution in [2.75, 3.05) is 19.6 Å². The maximum atomic E-state index is 12.1. The van der Waals surface area contributed by atoms with Crippen molar-refractivity contribution in [2.24, 2.45) is 0 Å². The van der Waals surface area contributed by atoms with Gasteiger partial charge < -0.3 is 26.6 Å². The highest BCUT2D eigenvalue weighted by Crippen LogP contribution is 2.45. The Morgan fingerprint density at radius 3 is 1.71 bits per heavy atom. The van der Waals surface area contributed by atoms with E-state index in [4.69, 9.17) is 0 Å². The summed E-state index contributed by atoms with van der Waals surface area (Å²) in [6.07, 6.45) is 4.94. The minimum absolute atomic E-state index is 0. The molecule has 2 aliphatic rings. The lowest BCUT2D eigenvalue weighted by Gasteiger charge is -2.45. The molecule has 4 rings (SSSR count). The molecular weight excluding hydrogens is 362 g/mol. The van der Waals surface area contributed by atoms with Crippen molar-refractivity contribution in [1.29, 1.82) is 0 Å². The van der Waals surface area contributed by atoms with Crippen LogP contribution in [0.4, 0.5) is 0 Å². The molecule has 0 aromatic heterocycles. The molecule has 2 aliphatic heterocycles. The van der Waals surface area contributed by atoms with Gasteiger partial charge in [0, 0.05) is 25.7 Å². The number of benzene rings is 2. The van der Waals surface area contributed by atoms with E-state index < -0.39 is 5.60 Å². The van der Waals surface area contributed by atoms with Crippen LogP contribution in [0.15, 0.2) is 60.7 Å². The van der Waals surface area contributed by atoms with Gasteiger partial charge in [0.05, 0.1) is 19.6 Å². The fourth-order valence-corrected chi connectivity index (χ4v) is 5.07. The van der Waals surface area contributed by atoms with Crippen LogP contribution in [0.25, 0.3) is 0 Å². The third-order valence-electron chi connectivity index (χ3n) is 6.11. The lowest BCUT2D eigenvalue weighted by Crippen LogP contribution is -3.00. The highest BCUT2D eigenvalue weighted by Gasteiger charge is 2.55. The predicted molar refractivity (Wildman–Crippen MR) is 93.0 cm³/mol. The second-order valence-corrected chi connectivity index (χ2v) is 7.25. The van der Waals surface area contributed by atoms with E-state index in [0.717, 1.165) is 22.0 Å². The lowest BCUT2D eigenvalue weighted by molar-refractivity contribution is -0.935. The fraction of sp³-hybridized carbons (Fsp3) is 0.429. The molecule has 0 radical (unpaired) electrons. The van der Waals surface area contributed by atoms with Crippen molar-refractivity contribution in [3.8, 4) is 0 Å². The smallest absolute Gasteiger partial charge is 0.166 e. The molecule has 1 unspecified atom stereocenters. The third kappa shape index (κ3) is 2.73. The second-order valence-electron chi connectivity index (χ2n) is 7.25. The summed E-state index contributed by atoms with van der Waals surface area (Å²) in [5, 5.41) is 12.1. The highest BCUT2D eigenvalue weighted by atomic mass is 79.9. The van der Waals surface area contributed by atoms with Gasteiger partial charge in [-0.1, -0.05) is 60.7 Å². The molecule has 2 saturated heterocycles. The fourth-order valence-electron chi connectivity index (χ4n) is 5.07. The maximum absolute atomic E-state index is 12.1. The first-order valence-electron chi connectivity index (χ1n) is 8.95. The van der Waals surface area contributed by atoms with Crippen molar-refractivity contribution < 1.29 is 26.6 Å². The first kappa shape index (κ1) is 17.7. The molecule has 1 atom stereocenters. The van der Waals surface area contributed by atoms with Crippen LogP contribution in [0.5, 0.6) is 0 Å². The van der Waals surface area contributed by atoms with Gasteiger partial charge >= 0.3 is 0 Å². The standard InChI is InChI=1S/C21H26NO.BrH/c23-21(18-10-3-1-4-11-18,19-12-5-2-6-13-19)20-14-9-17-22(20)15-7-8-16-22;/h1-6,10-13,20,23H,7-9,14-17H2;1H/q+1;/p-1. The summed E-state index contributed by atoms with van der Waals surface area (Å²) >= 11 is 0. The van der Waals surface area contributed by atoms with Gasteiger partial charge in [0.25, 0.3) is 0 Å². The topological polar surface area (TPSA) is 20.2 Å². The summed E-state index contributed by atoms with van der Waals surface area (Å²) in [5.74, 6) is 0. The SMILES string of the molecule is OC(c1ccccc1)(c1ccccc1)C1CCC[N+]12CCCC2.[Br-]. The van der Waals surface area contributed by atoms with Crippen molar-refractivity contribution in [3.05, 3.63) is 71.8 Å². The zero-order valence-corrected chi connectivity index (χ0v) is 15.7. The van der Waals surface area contributed by atoms with E-state index in [-0.39, 0.29) is 23.0 Å². The summed E-state index contributed by atoms with van der Waals surface area (Å²) in [4.78, 5) is 0. The summed E-state index contributed by atoms with van der Waals surface area (Å²) in [6, 6.07) is 20.9. The summed E-state index contributed by atoms with van der Waals surface area (Å²) in [5.41, 5.74) is 1.20. The number of nitrogens with zero attached hydrogens (tertiary/aromatic N) is 1. The van der Waals surface area contributed by atoms with E-state index >= 15 is 0 Å². The molecule has 0 amide bonds. The Kier molecular flexibility index (Phi) is 5.14. The summed E-state index contributed by atoms with van der Waals surface area (Å²) in [7, 11) is 0. The summed E-state index contributed by atoms with van der Waals surface area (Å²) in [6.45, 7) is 3.69. The predicted octanol–water partition coefficient (Wildman–Crippen LogP) is 0.700. The van der Waals surface area contributed by atoms with E-state index in [0.29, 0.717) is 0 Å². The Bertz CT molecular complexity index is 607. The number of aliphatic hydroxyl groups is 1. The van der Waals surface area contributed by atoms with Crippen LogP contribution in [-0.2, 0) is 5.60 Å². The molecule has 128 valence electrons. The van der Waals surface area contributed by atoms with Crippen LogP contribution in [0.2, 0.25) is 0 Å². The largest absolute Gasteiger partial charge is 1.00 e. The van der Waals surface area contributed by atoms with E-state index in [1.54, 1.807) is 0 Å². The van der Waals surface area contributed by atoms with Crippen LogP contribution in [0.1, 0.15) is 36.8 Å². The quantitative estimate of drug-likeness (QED) is 0.768. The van der Waals surface area contributed by atoms with Crippen LogP contribution in [-0.4, -0.2) is 35.3 Å². The molecule has 2 fully saturated rings. The summed E-state index contributed by atoms with van der Waals surface area (Å²) < 4.78 is 1.11. The Hall–Kier alpha value is -1.16. The number of halogens is 1. The third-order valence-corrected chi connectivity index (χ3v) is 6.11. The molecular formula is C21H26BrNO. The first-order chi connectivity index (χ1) is 11.3. The van der Waals surface area contributed by atoms with Crippen LogP contribution < -0.4 is 17.0 Å². The number of quaternary nitrogens is 1. The van der Waals surface area contributed by atoms with E-state index in [1.807, 2.05) is 36.4 Å². The Balaban J connectivity index is 0.00000169. The first-order valence-corrected chi connectivity index (χ1v) is 8.95. The Morgan fingerprint density at radius 1 is 0.750 bits per heavy atom. The van der Waals surface area contributed by atoms with Crippen molar-refractivity contribution in [2.45, 2.75) is 37.3 Å². The van der Waals surface area contributed by atoms with Crippen molar-refractivity contribution >= 4 is 0 Å². The Morgan fingerprint density at radius 2 is 1.21 bits per heavy atom. The van der Waals surface area contributed by atoms with Crippen LogP contribution in [0.3, 0.4) is 0 Å². The second kappa shape index (κ2) is 6.99. The average molecular weight is 388 g/mol. The molecule has 1 N–H and O–H groups in total. The maximum Gasteiger partial charge on any atom is 0.166 e. The number of hydrogen-bond acceptors (Lipinski definition) is 1. The Labute approximate surface area is 155 Å².